The molecule has 0 aliphatic rings. The van der Waals surface area contributed by atoms with Gasteiger partial charge < -0.3 is 11.1 Å². The van der Waals surface area contributed by atoms with Crippen molar-refractivity contribution in [3.05, 3.63) is 42.0 Å². The molecule has 88 valence electrons. The van der Waals surface area contributed by atoms with Gasteiger partial charge in [0.1, 0.15) is 17.3 Å². The van der Waals surface area contributed by atoms with Gasteiger partial charge in [0.25, 0.3) is 0 Å². The Bertz CT molecular complexity index is 536. The number of nitrogen functional groups attached to an aromatic ring is 1. The third-order valence-corrected chi connectivity index (χ3v) is 1.91. The Balaban J connectivity index is 2.36. The van der Waals surface area contributed by atoms with Gasteiger partial charge in [-0.05, 0) is 0 Å². The summed E-state index contributed by atoms with van der Waals surface area (Å²) in [6, 6.07) is 1.12. The first-order chi connectivity index (χ1) is 8.06. The van der Waals surface area contributed by atoms with E-state index in [2.05, 4.69) is 15.3 Å². The molecule has 1 heterocycles. The van der Waals surface area contributed by atoms with Gasteiger partial charge in [-0.2, -0.15) is 0 Å². The van der Waals surface area contributed by atoms with Gasteiger partial charge in [0.2, 0.25) is 0 Å². The summed E-state index contributed by atoms with van der Waals surface area (Å²) >= 11 is 0. The number of hydrogen-bond donors (Lipinski definition) is 2. The van der Waals surface area contributed by atoms with Gasteiger partial charge in [-0.25, -0.2) is 18.2 Å². The lowest BCUT2D eigenvalue weighted by Gasteiger charge is -2.07. The predicted octanol–water partition coefficient (Wildman–Crippen LogP) is 2.22. The van der Waals surface area contributed by atoms with Gasteiger partial charge in [0.05, 0.1) is 12.4 Å². The number of nitrogens with one attached hydrogen (secondary N) is 1. The van der Waals surface area contributed by atoms with Gasteiger partial charge in [-0.3, -0.25) is 4.98 Å². The van der Waals surface area contributed by atoms with Gasteiger partial charge in [-0.15, -0.1) is 0 Å². The van der Waals surface area contributed by atoms with E-state index in [-0.39, 0.29) is 11.6 Å². The van der Waals surface area contributed by atoms with Gasteiger partial charge in [-0.1, -0.05) is 0 Å². The summed E-state index contributed by atoms with van der Waals surface area (Å²) in [7, 11) is 0. The number of nitrogens with zero attached hydrogens (tertiary/aromatic N) is 2. The molecular weight excluding hydrogens is 233 g/mol. The summed E-state index contributed by atoms with van der Waals surface area (Å²) in [4.78, 5) is 7.44. The highest BCUT2D eigenvalue weighted by Gasteiger charge is 2.12. The van der Waals surface area contributed by atoms with E-state index in [4.69, 9.17) is 5.73 Å². The Morgan fingerprint density at radius 3 is 2.29 bits per heavy atom. The molecule has 1 aromatic carbocycles. The molecule has 0 saturated heterocycles. The lowest BCUT2D eigenvalue weighted by atomic mass is 10.3. The van der Waals surface area contributed by atoms with Crippen LogP contribution in [0.1, 0.15) is 0 Å². The van der Waals surface area contributed by atoms with E-state index in [1.54, 1.807) is 0 Å². The first-order valence-corrected chi connectivity index (χ1v) is 4.55. The SMILES string of the molecule is Nc1cncc(Nc2c(F)cc(F)cc2F)n1. The molecule has 1 aromatic heterocycles. The van der Waals surface area contributed by atoms with E-state index in [9.17, 15) is 13.2 Å². The van der Waals surface area contributed by atoms with Crippen molar-refractivity contribution in [2.45, 2.75) is 0 Å². The first-order valence-electron chi connectivity index (χ1n) is 4.55. The van der Waals surface area contributed by atoms with Crippen molar-refractivity contribution in [2.24, 2.45) is 0 Å². The largest absolute Gasteiger partial charge is 0.382 e. The third kappa shape index (κ3) is 2.44. The van der Waals surface area contributed by atoms with Gasteiger partial charge >= 0.3 is 0 Å². The molecule has 0 bridgehead atoms. The maximum atomic E-state index is 13.3. The second-order valence-corrected chi connectivity index (χ2v) is 3.20. The molecule has 17 heavy (non-hydrogen) atoms. The quantitative estimate of drug-likeness (QED) is 0.844. The molecule has 0 saturated carbocycles. The van der Waals surface area contributed by atoms with Crippen molar-refractivity contribution in [3.63, 3.8) is 0 Å². The molecule has 0 unspecified atom stereocenters. The van der Waals surface area contributed by atoms with E-state index < -0.39 is 23.1 Å². The van der Waals surface area contributed by atoms with Crippen molar-refractivity contribution in [2.75, 3.05) is 11.1 Å². The minimum Gasteiger partial charge on any atom is -0.382 e. The molecule has 0 radical (unpaired) electrons. The average Bonchev–Trinajstić information content (AvgIpc) is 2.23. The number of anilines is 3. The fourth-order valence-corrected chi connectivity index (χ4v) is 1.23. The summed E-state index contributed by atoms with van der Waals surface area (Å²) in [6.45, 7) is 0. The molecule has 7 heteroatoms. The van der Waals surface area contributed by atoms with Gasteiger partial charge in [0.15, 0.2) is 17.5 Å². The van der Waals surface area contributed by atoms with Crippen LogP contribution in [0.4, 0.5) is 30.5 Å². The van der Waals surface area contributed by atoms with Crippen LogP contribution in [0.15, 0.2) is 24.5 Å². The Kier molecular flexibility index (Phi) is 2.82. The summed E-state index contributed by atoms with van der Waals surface area (Å²) in [6.07, 6.45) is 2.52. The number of aromatic nitrogens is 2. The maximum Gasteiger partial charge on any atom is 0.152 e. The normalized spacial score (nSPS) is 10.3. The van der Waals surface area contributed by atoms with Crippen LogP contribution in [0.3, 0.4) is 0 Å². The Morgan fingerprint density at radius 2 is 1.71 bits per heavy atom. The maximum absolute atomic E-state index is 13.3. The molecule has 0 amide bonds. The molecule has 0 fully saturated rings. The van der Waals surface area contributed by atoms with Crippen molar-refractivity contribution in [1.82, 2.24) is 9.97 Å². The number of benzene rings is 1. The number of halogens is 3. The fraction of sp³-hybridized carbons (Fsp3) is 0. The van der Waals surface area contributed by atoms with E-state index in [0.717, 1.165) is 0 Å². The summed E-state index contributed by atoms with van der Waals surface area (Å²) in [5.41, 5.74) is 4.84. The second-order valence-electron chi connectivity index (χ2n) is 3.20. The lowest BCUT2D eigenvalue weighted by molar-refractivity contribution is 0.548. The molecule has 0 spiro atoms. The first kappa shape index (κ1) is 11.2. The minimum absolute atomic E-state index is 0.0643. The predicted molar refractivity (Wildman–Crippen MR) is 56.0 cm³/mol. The summed E-state index contributed by atoms with van der Waals surface area (Å²) in [5.74, 6) is -2.96. The second kappa shape index (κ2) is 4.28. The topological polar surface area (TPSA) is 63.8 Å². The van der Waals surface area contributed by atoms with Crippen molar-refractivity contribution < 1.29 is 13.2 Å². The third-order valence-electron chi connectivity index (χ3n) is 1.91. The molecule has 0 aliphatic heterocycles. The van der Waals surface area contributed by atoms with Crippen LogP contribution in [-0.4, -0.2) is 9.97 Å². The molecular formula is C10H7F3N4. The van der Waals surface area contributed by atoms with E-state index in [1.165, 1.54) is 12.4 Å². The highest BCUT2D eigenvalue weighted by molar-refractivity contribution is 5.57. The molecule has 2 rings (SSSR count). The zero-order chi connectivity index (χ0) is 12.4. The summed E-state index contributed by atoms with van der Waals surface area (Å²) < 4.78 is 39.2. The number of nitrogens with two attached hydrogens (primary N) is 1. The smallest absolute Gasteiger partial charge is 0.152 e. The van der Waals surface area contributed by atoms with Crippen LogP contribution in [0.5, 0.6) is 0 Å². The van der Waals surface area contributed by atoms with E-state index in [0.29, 0.717) is 12.1 Å². The van der Waals surface area contributed by atoms with Crippen LogP contribution in [0.2, 0.25) is 0 Å². The highest BCUT2D eigenvalue weighted by Crippen LogP contribution is 2.23. The minimum atomic E-state index is -1.06. The Labute approximate surface area is 94.3 Å². The van der Waals surface area contributed by atoms with Crippen LogP contribution in [-0.2, 0) is 0 Å². The van der Waals surface area contributed by atoms with Crippen LogP contribution >= 0.6 is 0 Å². The number of hydrogen-bond acceptors (Lipinski definition) is 4. The molecule has 0 atom stereocenters. The summed E-state index contributed by atoms with van der Waals surface area (Å²) in [5, 5.41) is 2.34. The van der Waals surface area contributed by atoms with Crippen molar-refractivity contribution >= 4 is 17.3 Å². The molecule has 0 aliphatic carbocycles. The molecule has 3 N–H and O–H groups in total. The zero-order valence-corrected chi connectivity index (χ0v) is 8.42. The fourth-order valence-electron chi connectivity index (χ4n) is 1.23. The highest BCUT2D eigenvalue weighted by atomic mass is 19.1. The van der Waals surface area contributed by atoms with E-state index >= 15 is 0 Å². The standard InChI is InChI=1S/C10H7F3N4/c11-5-1-6(12)10(7(13)2-5)17-9-4-15-3-8(14)16-9/h1-4H,(H3,14,16,17). The monoisotopic (exact) mass is 240 g/mol. The van der Waals surface area contributed by atoms with Crippen LogP contribution in [0, 0.1) is 17.5 Å². The average molecular weight is 240 g/mol. The number of rotatable bonds is 2. The van der Waals surface area contributed by atoms with Crippen LogP contribution < -0.4 is 11.1 Å². The lowest BCUT2D eigenvalue weighted by Crippen LogP contribution is -2.02. The van der Waals surface area contributed by atoms with Crippen molar-refractivity contribution in [1.29, 1.82) is 0 Å². The zero-order valence-electron chi connectivity index (χ0n) is 8.42. The van der Waals surface area contributed by atoms with Crippen LogP contribution in [0.25, 0.3) is 0 Å². The van der Waals surface area contributed by atoms with Gasteiger partial charge in [0, 0.05) is 12.1 Å². The molecule has 4 nitrogen and oxygen atoms in total. The van der Waals surface area contributed by atoms with Crippen molar-refractivity contribution in [3.8, 4) is 0 Å². The Morgan fingerprint density at radius 1 is 1.06 bits per heavy atom. The van der Waals surface area contributed by atoms with E-state index in [1.807, 2.05) is 0 Å². The molecule has 2 aromatic rings. The Hall–Kier alpha value is -2.31.